The Morgan fingerprint density at radius 3 is 2.55 bits per heavy atom. The van der Waals surface area contributed by atoms with Crippen LogP contribution in [0.3, 0.4) is 0 Å². The molecule has 0 aromatic heterocycles. The van der Waals surface area contributed by atoms with E-state index in [-0.39, 0.29) is 6.03 Å². The smallest absolute Gasteiger partial charge is 0.319 e. The van der Waals surface area contributed by atoms with E-state index in [9.17, 15) is 4.79 Å². The van der Waals surface area contributed by atoms with Gasteiger partial charge in [-0.3, -0.25) is 0 Å². The van der Waals surface area contributed by atoms with Crippen LogP contribution in [0, 0.1) is 6.92 Å². The molecular weight excluding hydrogens is 268 g/mol. The third-order valence-electron chi connectivity index (χ3n) is 3.09. The van der Waals surface area contributed by atoms with Gasteiger partial charge in [0, 0.05) is 11.4 Å². The van der Waals surface area contributed by atoms with Gasteiger partial charge in [-0.05, 0) is 36.6 Å². The van der Waals surface area contributed by atoms with E-state index in [2.05, 4.69) is 42.3 Å². The lowest BCUT2D eigenvalue weighted by Gasteiger charge is -2.10. The molecule has 0 radical (unpaired) electrons. The number of thiol groups is 1. The molecule has 0 heterocycles. The third-order valence-corrected chi connectivity index (χ3v) is 3.48. The van der Waals surface area contributed by atoms with E-state index < -0.39 is 0 Å². The molecule has 0 saturated carbocycles. The van der Waals surface area contributed by atoms with Crippen molar-refractivity contribution in [3.8, 4) is 0 Å². The molecule has 0 unspecified atom stereocenters. The van der Waals surface area contributed by atoms with Gasteiger partial charge >= 0.3 is 6.03 Å². The first kappa shape index (κ1) is 14.5. The second-order valence-electron chi connectivity index (χ2n) is 4.57. The summed E-state index contributed by atoms with van der Waals surface area (Å²) >= 11 is 4.29. The summed E-state index contributed by atoms with van der Waals surface area (Å²) in [5.41, 5.74) is 3.21. The van der Waals surface area contributed by atoms with Crippen LogP contribution in [0.2, 0.25) is 0 Å². The number of rotatable bonds is 4. The number of urea groups is 1. The van der Waals surface area contributed by atoms with Crippen molar-refractivity contribution in [1.82, 2.24) is 5.32 Å². The van der Waals surface area contributed by atoms with Gasteiger partial charge in [0.25, 0.3) is 0 Å². The minimum absolute atomic E-state index is 0.208. The van der Waals surface area contributed by atoms with Crippen molar-refractivity contribution in [2.45, 2.75) is 18.2 Å². The van der Waals surface area contributed by atoms with Crippen molar-refractivity contribution in [3.05, 3.63) is 59.7 Å². The van der Waals surface area contributed by atoms with Crippen LogP contribution >= 0.6 is 12.6 Å². The fourth-order valence-electron chi connectivity index (χ4n) is 1.95. The van der Waals surface area contributed by atoms with Crippen molar-refractivity contribution < 1.29 is 4.79 Å². The standard InChI is InChI=1S/C16H18N2OS/c1-12-6-2-3-7-13(12)10-11-17-16(19)18-14-8-4-5-9-15(14)20/h2-9,20H,10-11H2,1H3,(H2,17,18,19). The van der Waals surface area contributed by atoms with Crippen LogP contribution in [-0.4, -0.2) is 12.6 Å². The molecule has 0 aliphatic heterocycles. The molecule has 2 rings (SSSR count). The first-order chi connectivity index (χ1) is 9.66. The summed E-state index contributed by atoms with van der Waals surface area (Å²) in [5, 5.41) is 5.63. The molecule has 0 bridgehead atoms. The minimum Gasteiger partial charge on any atom is -0.338 e. The average molecular weight is 286 g/mol. The van der Waals surface area contributed by atoms with Gasteiger partial charge in [0.05, 0.1) is 5.69 Å². The van der Waals surface area contributed by atoms with Gasteiger partial charge in [0.15, 0.2) is 0 Å². The number of carbonyl (C=O) groups is 1. The number of amides is 2. The molecule has 20 heavy (non-hydrogen) atoms. The lowest BCUT2D eigenvalue weighted by atomic mass is 10.1. The molecule has 0 aliphatic rings. The summed E-state index contributed by atoms with van der Waals surface area (Å²) in [6, 6.07) is 15.4. The highest BCUT2D eigenvalue weighted by atomic mass is 32.1. The van der Waals surface area contributed by atoms with Gasteiger partial charge in [-0.15, -0.1) is 12.6 Å². The molecule has 0 saturated heterocycles. The zero-order valence-corrected chi connectivity index (χ0v) is 12.3. The van der Waals surface area contributed by atoms with Crippen molar-refractivity contribution in [1.29, 1.82) is 0 Å². The summed E-state index contributed by atoms with van der Waals surface area (Å²) < 4.78 is 0. The van der Waals surface area contributed by atoms with Crippen LogP contribution in [0.5, 0.6) is 0 Å². The minimum atomic E-state index is -0.208. The van der Waals surface area contributed by atoms with E-state index in [1.54, 1.807) is 0 Å². The highest BCUT2D eigenvalue weighted by molar-refractivity contribution is 7.80. The Labute approximate surface area is 124 Å². The van der Waals surface area contributed by atoms with E-state index in [4.69, 9.17) is 0 Å². The van der Waals surface area contributed by atoms with Crippen LogP contribution in [-0.2, 0) is 6.42 Å². The van der Waals surface area contributed by atoms with Crippen LogP contribution in [0.4, 0.5) is 10.5 Å². The molecule has 4 heteroatoms. The maximum absolute atomic E-state index is 11.8. The SMILES string of the molecule is Cc1ccccc1CCNC(=O)Nc1ccccc1S. The van der Waals surface area contributed by atoms with Gasteiger partial charge in [-0.2, -0.15) is 0 Å². The molecule has 2 aromatic carbocycles. The number of anilines is 1. The molecule has 2 N–H and O–H groups in total. The monoisotopic (exact) mass is 286 g/mol. The Morgan fingerprint density at radius 1 is 1.10 bits per heavy atom. The van der Waals surface area contributed by atoms with Crippen molar-refractivity contribution >= 4 is 24.3 Å². The Kier molecular flexibility index (Phi) is 5.07. The third kappa shape index (κ3) is 4.03. The maximum Gasteiger partial charge on any atom is 0.319 e. The molecular formula is C16H18N2OS. The molecule has 0 aliphatic carbocycles. The predicted octanol–water partition coefficient (Wildman–Crippen LogP) is 3.65. The lowest BCUT2D eigenvalue weighted by molar-refractivity contribution is 0.252. The van der Waals surface area contributed by atoms with Gasteiger partial charge < -0.3 is 10.6 Å². The first-order valence-electron chi connectivity index (χ1n) is 6.54. The summed E-state index contributed by atoms with van der Waals surface area (Å²) in [6.07, 6.45) is 0.822. The zero-order valence-electron chi connectivity index (χ0n) is 11.4. The van der Waals surface area contributed by atoms with E-state index in [0.29, 0.717) is 12.2 Å². The lowest BCUT2D eigenvalue weighted by Crippen LogP contribution is -2.30. The number of hydrogen-bond acceptors (Lipinski definition) is 2. The van der Waals surface area contributed by atoms with Gasteiger partial charge in [0.2, 0.25) is 0 Å². The van der Waals surface area contributed by atoms with Crippen LogP contribution in [0.15, 0.2) is 53.4 Å². The van der Waals surface area contributed by atoms with E-state index in [1.165, 1.54) is 11.1 Å². The molecule has 3 nitrogen and oxygen atoms in total. The number of nitrogens with one attached hydrogen (secondary N) is 2. The molecule has 2 amide bonds. The normalized spacial score (nSPS) is 10.1. The number of carbonyl (C=O) groups excluding carboxylic acids is 1. The molecule has 2 aromatic rings. The van der Waals surface area contributed by atoms with Crippen molar-refractivity contribution in [2.24, 2.45) is 0 Å². The fourth-order valence-corrected chi connectivity index (χ4v) is 2.16. The largest absolute Gasteiger partial charge is 0.338 e. The predicted molar refractivity (Wildman–Crippen MR) is 85.6 cm³/mol. The second kappa shape index (κ2) is 7.01. The second-order valence-corrected chi connectivity index (χ2v) is 5.06. The van der Waals surface area contributed by atoms with E-state index in [0.717, 1.165) is 11.3 Å². The number of para-hydroxylation sites is 1. The summed E-state index contributed by atoms with van der Waals surface area (Å²) in [7, 11) is 0. The molecule has 104 valence electrons. The number of aryl methyl sites for hydroxylation is 1. The molecule has 0 fully saturated rings. The quantitative estimate of drug-likeness (QED) is 0.738. The highest BCUT2D eigenvalue weighted by Gasteiger charge is 2.04. The summed E-state index contributed by atoms with van der Waals surface area (Å²) in [6.45, 7) is 2.68. The maximum atomic E-state index is 11.8. The zero-order chi connectivity index (χ0) is 14.4. The summed E-state index contributed by atoms with van der Waals surface area (Å²) in [4.78, 5) is 12.5. The van der Waals surface area contributed by atoms with Crippen LogP contribution < -0.4 is 10.6 Å². The Morgan fingerprint density at radius 2 is 1.80 bits per heavy atom. The Balaban J connectivity index is 1.82. The van der Waals surface area contributed by atoms with Crippen LogP contribution in [0.1, 0.15) is 11.1 Å². The van der Waals surface area contributed by atoms with Crippen LogP contribution in [0.25, 0.3) is 0 Å². The highest BCUT2D eigenvalue weighted by Crippen LogP contribution is 2.18. The van der Waals surface area contributed by atoms with Crippen molar-refractivity contribution in [2.75, 3.05) is 11.9 Å². The van der Waals surface area contributed by atoms with Gasteiger partial charge in [-0.25, -0.2) is 4.79 Å². The first-order valence-corrected chi connectivity index (χ1v) is 6.99. The molecule has 0 atom stereocenters. The van der Waals surface area contributed by atoms with Crippen molar-refractivity contribution in [3.63, 3.8) is 0 Å². The van der Waals surface area contributed by atoms with E-state index >= 15 is 0 Å². The van der Waals surface area contributed by atoms with Gasteiger partial charge in [0.1, 0.15) is 0 Å². The topological polar surface area (TPSA) is 41.1 Å². The summed E-state index contributed by atoms with van der Waals surface area (Å²) in [5.74, 6) is 0. The Bertz CT molecular complexity index is 599. The Hall–Kier alpha value is -1.94. The van der Waals surface area contributed by atoms with Gasteiger partial charge in [-0.1, -0.05) is 36.4 Å². The number of benzene rings is 2. The molecule has 0 spiro atoms. The van der Waals surface area contributed by atoms with E-state index in [1.807, 2.05) is 36.4 Å². The average Bonchev–Trinajstić information content (AvgIpc) is 2.43. The fraction of sp³-hybridized carbons (Fsp3) is 0.188. The number of hydrogen-bond donors (Lipinski definition) is 3.